The standard InChI is InChI=1S/C17H20ClN3O2/c18-11-2-3-13-14(7-11)20-16(19-13)5-6-17(23)21-8-10-1-4-15(22)12(10)9-21/h2-3,7,10,12,15,22H,1,4-6,8-9H2,(H,19,20)/t10-,12+,15-/m1/s1. The lowest BCUT2D eigenvalue weighted by molar-refractivity contribution is -0.130. The highest BCUT2D eigenvalue weighted by Gasteiger charge is 2.43. The first-order valence-corrected chi connectivity index (χ1v) is 8.58. The summed E-state index contributed by atoms with van der Waals surface area (Å²) in [5.41, 5.74) is 1.77. The summed E-state index contributed by atoms with van der Waals surface area (Å²) >= 11 is 5.97. The van der Waals surface area contributed by atoms with Crippen molar-refractivity contribution in [1.82, 2.24) is 14.9 Å². The van der Waals surface area contributed by atoms with Gasteiger partial charge in [-0.2, -0.15) is 0 Å². The molecule has 2 aliphatic rings. The number of likely N-dealkylation sites (tertiary alicyclic amines) is 1. The smallest absolute Gasteiger partial charge is 0.223 e. The van der Waals surface area contributed by atoms with Crippen LogP contribution in [0.4, 0.5) is 0 Å². The lowest BCUT2D eigenvalue weighted by atomic mass is 10.00. The van der Waals surface area contributed by atoms with Gasteiger partial charge in [0.15, 0.2) is 0 Å². The molecule has 2 fully saturated rings. The second-order valence-electron chi connectivity index (χ2n) is 6.71. The molecule has 1 aliphatic heterocycles. The first-order valence-electron chi connectivity index (χ1n) is 8.20. The summed E-state index contributed by atoms with van der Waals surface area (Å²) in [5.74, 6) is 1.75. The van der Waals surface area contributed by atoms with Gasteiger partial charge in [0.2, 0.25) is 5.91 Å². The monoisotopic (exact) mass is 333 g/mol. The Morgan fingerprint density at radius 2 is 2.26 bits per heavy atom. The normalized spacial score (nSPS) is 26.9. The molecule has 1 amide bonds. The van der Waals surface area contributed by atoms with Gasteiger partial charge in [-0.3, -0.25) is 4.79 Å². The molecule has 1 aromatic heterocycles. The first kappa shape index (κ1) is 15.0. The largest absolute Gasteiger partial charge is 0.393 e. The average Bonchev–Trinajstić information content (AvgIpc) is 3.20. The second kappa shape index (κ2) is 5.80. The van der Waals surface area contributed by atoms with Crippen molar-refractivity contribution in [2.45, 2.75) is 31.8 Å². The van der Waals surface area contributed by atoms with Gasteiger partial charge in [-0.1, -0.05) is 11.6 Å². The van der Waals surface area contributed by atoms with Crippen LogP contribution in [0.25, 0.3) is 11.0 Å². The topological polar surface area (TPSA) is 69.2 Å². The number of carbonyl (C=O) groups excluding carboxylic acids is 1. The number of aromatic amines is 1. The fraction of sp³-hybridized carbons (Fsp3) is 0.529. The Hall–Kier alpha value is -1.59. The summed E-state index contributed by atoms with van der Waals surface area (Å²) in [6, 6.07) is 5.54. The molecule has 2 heterocycles. The summed E-state index contributed by atoms with van der Waals surface area (Å²) in [6.07, 6.45) is 2.75. The van der Waals surface area contributed by atoms with Gasteiger partial charge in [0.1, 0.15) is 5.82 Å². The van der Waals surface area contributed by atoms with Crippen LogP contribution in [-0.2, 0) is 11.2 Å². The number of imidazole rings is 1. The van der Waals surface area contributed by atoms with Crippen molar-refractivity contribution >= 4 is 28.5 Å². The molecule has 1 saturated heterocycles. The Morgan fingerprint density at radius 1 is 1.39 bits per heavy atom. The highest BCUT2D eigenvalue weighted by atomic mass is 35.5. The molecule has 6 heteroatoms. The van der Waals surface area contributed by atoms with Crippen LogP contribution in [0.2, 0.25) is 5.02 Å². The van der Waals surface area contributed by atoms with E-state index in [2.05, 4.69) is 9.97 Å². The Balaban J connectivity index is 1.37. The van der Waals surface area contributed by atoms with Gasteiger partial charge < -0.3 is 15.0 Å². The van der Waals surface area contributed by atoms with Crippen LogP contribution >= 0.6 is 11.6 Å². The lowest BCUT2D eigenvalue weighted by Crippen LogP contribution is -2.31. The number of nitrogens with one attached hydrogen (secondary N) is 1. The molecule has 0 bridgehead atoms. The van der Waals surface area contributed by atoms with Crippen LogP contribution in [0.1, 0.15) is 25.1 Å². The zero-order chi connectivity index (χ0) is 16.0. The highest BCUT2D eigenvalue weighted by molar-refractivity contribution is 6.31. The molecule has 1 aliphatic carbocycles. The minimum atomic E-state index is -0.224. The van der Waals surface area contributed by atoms with Crippen molar-refractivity contribution in [3.63, 3.8) is 0 Å². The van der Waals surface area contributed by atoms with E-state index in [1.54, 1.807) is 0 Å². The second-order valence-corrected chi connectivity index (χ2v) is 7.15. The maximum absolute atomic E-state index is 12.4. The van der Waals surface area contributed by atoms with Gasteiger partial charge in [-0.25, -0.2) is 4.98 Å². The number of benzene rings is 1. The van der Waals surface area contributed by atoms with Crippen molar-refractivity contribution in [1.29, 1.82) is 0 Å². The minimum Gasteiger partial charge on any atom is -0.393 e. The maximum atomic E-state index is 12.4. The number of amides is 1. The molecule has 2 N–H and O–H groups in total. The van der Waals surface area contributed by atoms with E-state index in [9.17, 15) is 9.90 Å². The number of nitrogens with zero attached hydrogens (tertiary/aromatic N) is 2. The number of fused-ring (bicyclic) bond motifs is 2. The van der Waals surface area contributed by atoms with Crippen LogP contribution in [0.5, 0.6) is 0 Å². The van der Waals surface area contributed by atoms with Gasteiger partial charge >= 0.3 is 0 Å². The Kier molecular flexibility index (Phi) is 3.77. The summed E-state index contributed by atoms with van der Waals surface area (Å²) in [6.45, 7) is 1.51. The molecule has 3 atom stereocenters. The Bertz CT molecular complexity index is 745. The molecule has 2 aromatic rings. The third-order valence-corrected chi connectivity index (χ3v) is 5.48. The number of aliphatic hydroxyl groups is 1. The van der Waals surface area contributed by atoms with E-state index in [0.717, 1.165) is 36.2 Å². The average molecular weight is 334 g/mol. The number of halogens is 1. The van der Waals surface area contributed by atoms with Gasteiger partial charge in [0, 0.05) is 36.9 Å². The van der Waals surface area contributed by atoms with Gasteiger partial charge in [0.25, 0.3) is 0 Å². The van der Waals surface area contributed by atoms with Crippen LogP contribution in [-0.4, -0.2) is 45.1 Å². The van der Waals surface area contributed by atoms with Crippen LogP contribution in [0.15, 0.2) is 18.2 Å². The molecule has 0 radical (unpaired) electrons. The number of carbonyl (C=O) groups is 1. The zero-order valence-corrected chi connectivity index (χ0v) is 13.6. The summed E-state index contributed by atoms with van der Waals surface area (Å²) < 4.78 is 0. The number of aryl methyl sites for hydroxylation is 1. The highest BCUT2D eigenvalue weighted by Crippen LogP contribution is 2.38. The van der Waals surface area contributed by atoms with Crippen molar-refractivity contribution in [3.05, 3.63) is 29.0 Å². The number of H-pyrrole nitrogens is 1. The predicted molar refractivity (Wildman–Crippen MR) is 88.2 cm³/mol. The van der Waals surface area contributed by atoms with Crippen molar-refractivity contribution < 1.29 is 9.90 Å². The van der Waals surface area contributed by atoms with E-state index in [1.807, 2.05) is 23.1 Å². The Morgan fingerprint density at radius 3 is 3.09 bits per heavy atom. The molecule has 23 heavy (non-hydrogen) atoms. The number of aliphatic hydroxyl groups excluding tert-OH is 1. The number of aromatic nitrogens is 2. The minimum absolute atomic E-state index is 0.157. The SMILES string of the molecule is O=C(CCc1nc2ccc(Cl)cc2[nH]1)N1C[C@H]2CC[C@@H](O)[C@H]2C1. The molecule has 1 aromatic carbocycles. The van der Waals surface area contributed by atoms with E-state index in [4.69, 9.17) is 11.6 Å². The summed E-state index contributed by atoms with van der Waals surface area (Å²) in [5, 5.41) is 10.6. The predicted octanol–water partition coefficient (Wildman–Crippen LogP) is 2.38. The first-order chi connectivity index (χ1) is 11.1. The molecule has 1 saturated carbocycles. The van der Waals surface area contributed by atoms with Crippen LogP contribution in [0, 0.1) is 11.8 Å². The summed E-state index contributed by atoms with van der Waals surface area (Å²) in [4.78, 5) is 22.0. The molecule has 0 spiro atoms. The fourth-order valence-electron chi connectivity index (χ4n) is 3.98. The third-order valence-electron chi connectivity index (χ3n) is 5.24. The van der Waals surface area contributed by atoms with Crippen LogP contribution < -0.4 is 0 Å². The fourth-order valence-corrected chi connectivity index (χ4v) is 4.15. The zero-order valence-electron chi connectivity index (χ0n) is 12.8. The van der Waals surface area contributed by atoms with E-state index < -0.39 is 0 Å². The lowest BCUT2D eigenvalue weighted by Gasteiger charge is -2.18. The van der Waals surface area contributed by atoms with Crippen molar-refractivity contribution in [2.75, 3.05) is 13.1 Å². The van der Waals surface area contributed by atoms with Crippen molar-refractivity contribution in [3.8, 4) is 0 Å². The molecule has 122 valence electrons. The molecular weight excluding hydrogens is 314 g/mol. The van der Waals surface area contributed by atoms with E-state index in [0.29, 0.717) is 30.3 Å². The van der Waals surface area contributed by atoms with Gasteiger partial charge in [-0.05, 0) is 37.0 Å². The molecular formula is C17H20ClN3O2. The number of hydrogen-bond acceptors (Lipinski definition) is 3. The Labute approximate surface area is 139 Å². The third kappa shape index (κ3) is 2.83. The van der Waals surface area contributed by atoms with E-state index in [-0.39, 0.29) is 17.9 Å². The quantitative estimate of drug-likeness (QED) is 0.906. The molecule has 4 rings (SSSR count). The molecule has 0 unspecified atom stereocenters. The van der Waals surface area contributed by atoms with Crippen LogP contribution in [0.3, 0.4) is 0 Å². The maximum Gasteiger partial charge on any atom is 0.223 e. The van der Waals surface area contributed by atoms with Gasteiger partial charge in [0.05, 0.1) is 17.1 Å². The summed E-state index contributed by atoms with van der Waals surface area (Å²) in [7, 11) is 0. The van der Waals surface area contributed by atoms with Gasteiger partial charge in [-0.15, -0.1) is 0 Å². The van der Waals surface area contributed by atoms with E-state index >= 15 is 0 Å². The number of rotatable bonds is 3. The number of hydrogen-bond donors (Lipinski definition) is 2. The van der Waals surface area contributed by atoms with Crippen molar-refractivity contribution in [2.24, 2.45) is 11.8 Å². The van der Waals surface area contributed by atoms with E-state index in [1.165, 1.54) is 0 Å². The molecule has 5 nitrogen and oxygen atoms in total.